The van der Waals surface area contributed by atoms with Crippen molar-refractivity contribution in [3.63, 3.8) is 0 Å². The van der Waals surface area contributed by atoms with E-state index in [2.05, 4.69) is 28.4 Å². The monoisotopic (exact) mass is 260 g/mol. The van der Waals surface area contributed by atoms with Crippen LogP contribution in [0.25, 0.3) is 0 Å². The molecular weight excluding hydrogens is 244 g/mol. The number of hydrogen-bond donors (Lipinski definition) is 1. The fourth-order valence-electron chi connectivity index (χ4n) is 1.81. The smallest absolute Gasteiger partial charge is 0.0455 e. The van der Waals surface area contributed by atoms with Crippen LogP contribution in [0, 0.1) is 6.92 Å². The van der Waals surface area contributed by atoms with Gasteiger partial charge in [0, 0.05) is 36.2 Å². The third-order valence-corrected chi connectivity index (χ3v) is 3.47. The molecule has 3 heteroatoms. The molecule has 2 aromatic rings. The standard InChI is InChI=1S/C15H17ClN2/c1-11-7-8-14(10-15(11)16)18(3)13-6-4-5-12(9-13)17-2/h4-10,17H,1-3H3. The van der Waals surface area contributed by atoms with Gasteiger partial charge in [-0.25, -0.2) is 0 Å². The van der Waals surface area contributed by atoms with E-state index >= 15 is 0 Å². The lowest BCUT2D eigenvalue weighted by Gasteiger charge is -2.21. The van der Waals surface area contributed by atoms with Gasteiger partial charge in [-0.05, 0) is 42.8 Å². The summed E-state index contributed by atoms with van der Waals surface area (Å²) in [5.41, 5.74) is 4.40. The number of nitrogens with zero attached hydrogens (tertiary/aromatic N) is 1. The molecule has 94 valence electrons. The molecule has 0 aliphatic carbocycles. The highest BCUT2D eigenvalue weighted by atomic mass is 35.5. The van der Waals surface area contributed by atoms with Crippen LogP contribution in [0.2, 0.25) is 5.02 Å². The Morgan fingerprint density at radius 3 is 2.44 bits per heavy atom. The zero-order valence-corrected chi connectivity index (χ0v) is 11.6. The van der Waals surface area contributed by atoms with Crippen LogP contribution in [0.4, 0.5) is 17.1 Å². The van der Waals surface area contributed by atoms with Gasteiger partial charge in [-0.1, -0.05) is 23.7 Å². The maximum Gasteiger partial charge on any atom is 0.0455 e. The zero-order valence-electron chi connectivity index (χ0n) is 10.9. The van der Waals surface area contributed by atoms with Crippen LogP contribution in [-0.2, 0) is 0 Å². The maximum atomic E-state index is 6.16. The molecule has 0 aliphatic rings. The predicted molar refractivity (Wildman–Crippen MR) is 80.2 cm³/mol. The normalized spacial score (nSPS) is 10.2. The number of halogens is 1. The summed E-state index contributed by atoms with van der Waals surface area (Å²) in [4.78, 5) is 2.12. The first-order valence-electron chi connectivity index (χ1n) is 5.89. The summed E-state index contributed by atoms with van der Waals surface area (Å²) >= 11 is 6.16. The van der Waals surface area contributed by atoms with E-state index in [1.165, 1.54) is 0 Å². The summed E-state index contributed by atoms with van der Waals surface area (Å²) < 4.78 is 0. The van der Waals surface area contributed by atoms with Crippen molar-refractivity contribution in [3.05, 3.63) is 53.1 Å². The molecule has 0 saturated heterocycles. The Labute approximate surface area is 113 Å². The molecule has 0 atom stereocenters. The molecule has 0 saturated carbocycles. The highest BCUT2D eigenvalue weighted by Crippen LogP contribution is 2.29. The average Bonchev–Trinajstić information content (AvgIpc) is 2.41. The molecule has 1 N–H and O–H groups in total. The summed E-state index contributed by atoms with van der Waals surface area (Å²) in [5.74, 6) is 0. The van der Waals surface area contributed by atoms with Crippen molar-refractivity contribution >= 4 is 28.7 Å². The minimum atomic E-state index is 0.795. The Bertz CT molecular complexity index is 552. The Balaban J connectivity index is 2.34. The van der Waals surface area contributed by atoms with E-state index in [1.54, 1.807) is 0 Å². The van der Waals surface area contributed by atoms with Crippen LogP contribution in [-0.4, -0.2) is 14.1 Å². The van der Waals surface area contributed by atoms with Crippen molar-refractivity contribution < 1.29 is 0 Å². The van der Waals surface area contributed by atoms with Gasteiger partial charge in [0.05, 0.1) is 0 Å². The number of hydrogen-bond acceptors (Lipinski definition) is 2. The highest BCUT2D eigenvalue weighted by Gasteiger charge is 2.06. The Morgan fingerprint density at radius 2 is 1.78 bits per heavy atom. The van der Waals surface area contributed by atoms with Gasteiger partial charge < -0.3 is 10.2 Å². The highest BCUT2D eigenvalue weighted by molar-refractivity contribution is 6.31. The Hall–Kier alpha value is -1.67. The van der Waals surface area contributed by atoms with Crippen LogP contribution >= 0.6 is 11.6 Å². The Kier molecular flexibility index (Phi) is 3.78. The lowest BCUT2D eigenvalue weighted by molar-refractivity contribution is 1.20. The van der Waals surface area contributed by atoms with Gasteiger partial charge in [0.15, 0.2) is 0 Å². The topological polar surface area (TPSA) is 15.3 Å². The van der Waals surface area contributed by atoms with Gasteiger partial charge in [0.2, 0.25) is 0 Å². The van der Waals surface area contributed by atoms with Gasteiger partial charge >= 0.3 is 0 Å². The van der Waals surface area contributed by atoms with Gasteiger partial charge in [-0.2, -0.15) is 0 Å². The molecule has 0 bridgehead atoms. The van der Waals surface area contributed by atoms with Crippen molar-refractivity contribution in [1.82, 2.24) is 0 Å². The van der Waals surface area contributed by atoms with Crippen molar-refractivity contribution in [1.29, 1.82) is 0 Å². The number of benzene rings is 2. The number of anilines is 3. The lowest BCUT2D eigenvalue weighted by atomic mass is 10.2. The van der Waals surface area contributed by atoms with Crippen LogP contribution in [0.3, 0.4) is 0 Å². The molecule has 0 aliphatic heterocycles. The third kappa shape index (κ3) is 2.59. The third-order valence-electron chi connectivity index (χ3n) is 3.06. The minimum Gasteiger partial charge on any atom is -0.388 e. The van der Waals surface area contributed by atoms with E-state index in [0.29, 0.717) is 0 Å². The quantitative estimate of drug-likeness (QED) is 0.877. The number of aryl methyl sites for hydroxylation is 1. The van der Waals surface area contributed by atoms with Crippen LogP contribution in [0.5, 0.6) is 0 Å². The first kappa shape index (κ1) is 12.8. The Morgan fingerprint density at radius 1 is 1.06 bits per heavy atom. The molecule has 18 heavy (non-hydrogen) atoms. The summed E-state index contributed by atoms with van der Waals surface area (Å²) in [7, 11) is 3.96. The molecule has 2 rings (SSSR count). The largest absolute Gasteiger partial charge is 0.388 e. The molecule has 0 spiro atoms. The molecule has 2 aromatic carbocycles. The summed E-state index contributed by atoms with van der Waals surface area (Å²) in [6.45, 7) is 2.01. The molecule has 2 nitrogen and oxygen atoms in total. The molecule has 0 heterocycles. The van der Waals surface area contributed by atoms with Crippen LogP contribution in [0.15, 0.2) is 42.5 Å². The van der Waals surface area contributed by atoms with E-state index in [9.17, 15) is 0 Å². The molecule has 0 aromatic heterocycles. The van der Waals surface area contributed by atoms with E-state index < -0.39 is 0 Å². The second-order valence-electron chi connectivity index (χ2n) is 4.29. The van der Waals surface area contributed by atoms with Crippen molar-refractivity contribution in [2.24, 2.45) is 0 Å². The predicted octanol–water partition coefficient (Wildman–Crippen LogP) is 4.46. The molecule has 0 unspecified atom stereocenters. The summed E-state index contributed by atoms with van der Waals surface area (Å²) in [6.07, 6.45) is 0. The maximum absolute atomic E-state index is 6.16. The summed E-state index contributed by atoms with van der Waals surface area (Å²) in [5, 5.41) is 3.94. The van der Waals surface area contributed by atoms with Crippen LogP contribution < -0.4 is 10.2 Å². The molecule has 0 radical (unpaired) electrons. The van der Waals surface area contributed by atoms with Crippen molar-refractivity contribution in [2.45, 2.75) is 6.92 Å². The molecule has 0 amide bonds. The van der Waals surface area contributed by atoms with E-state index in [1.807, 2.05) is 45.3 Å². The van der Waals surface area contributed by atoms with E-state index in [-0.39, 0.29) is 0 Å². The fourth-order valence-corrected chi connectivity index (χ4v) is 1.98. The van der Waals surface area contributed by atoms with Gasteiger partial charge in [0.1, 0.15) is 0 Å². The first-order valence-corrected chi connectivity index (χ1v) is 6.27. The average molecular weight is 261 g/mol. The summed E-state index contributed by atoms with van der Waals surface area (Å²) in [6, 6.07) is 14.4. The van der Waals surface area contributed by atoms with Crippen LogP contribution in [0.1, 0.15) is 5.56 Å². The van der Waals surface area contributed by atoms with Gasteiger partial charge in [-0.3, -0.25) is 0 Å². The number of nitrogens with one attached hydrogen (secondary N) is 1. The fraction of sp³-hybridized carbons (Fsp3) is 0.200. The first-order chi connectivity index (χ1) is 8.61. The van der Waals surface area contributed by atoms with Gasteiger partial charge in [0.25, 0.3) is 0 Å². The van der Waals surface area contributed by atoms with E-state index in [0.717, 1.165) is 27.6 Å². The molecule has 0 fully saturated rings. The SMILES string of the molecule is CNc1cccc(N(C)c2ccc(C)c(Cl)c2)c1. The van der Waals surface area contributed by atoms with Crippen molar-refractivity contribution in [3.8, 4) is 0 Å². The van der Waals surface area contributed by atoms with Gasteiger partial charge in [-0.15, -0.1) is 0 Å². The molecular formula is C15H17ClN2. The van der Waals surface area contributed by atoms with Crippen molar-refractivity contribution in [2.75, 3.05) is 24.3 Å². The number of rotatable bonds is 3. The second kappa shape index (κ2) is 5.32. The minimum absolute atomic E-state index is 0.795. The zero-order chi connectivity index (χ0) is 13.1. The second-order valence-corrected chi connectivity index (χ2v) is 4.70. The lowest BCUT2D eigenvalue weighted by Crippen LogP contribution is -2.09. The van der Waals surface area contributed by atoms with E-state index in [4.69, 9.17) is 11.6 Å².